The van der Waals surface area contributed by atoms with Crippen LogP contribution in [0.5, 0.6) is 0 Å². The van der Waals surface area contributed by atoms with E-state index in [1.54, 1.807) is 12.1 Å². The summed E-state index contributed by atoms with van der Waals surface area (Å²) in [7, 11) is 0. The van der Waals surface area contributed by atoms with Crippen molar-refractivity contribution in [3.05, 3.63) is 11.8 Å². The van der Waals surface area contributed by atoms with Gasteiger partial charge in [-0.1, -0.05) is 6.08 Å². The molecule has 4 fully saturated rings. The van der Waals surface area contributed by atoms with Crippen molar-refractivity contribution in [1.29, 1.82) is 0 Å². The number of rotatable bonds is 1. The van der Waals surface area contributed by atoms with Gasteiger partial charge < -0.3 is 9.64 Å². The fraction of sp³-hybridized carbons (Fsp3) is 0.857. The van der Waals surface area contributed by atoms with Gasteiger partial charge in [-0.25, -0.2) is 0 Å². The quantitative estimate of drug-likeness (QED) is 0.665. The van der Waals surface area contributed by atoms with Crippen LogP contribution in [0.2, 0.25) is 0 Å². The third-order valence-corrected chi connectivity index (χ3v) is 6.39. The van der Waals surface area contributed by atoms with Gasteiger partial charge in [-0.15, -0.1) is 0 Å². The highest BCUT2D eigenvalue weighted by Gasteiger charge is 2.77. The molecule has 86 valence electrons. The van der Waals surface area contributed by atoms with Gasteiger partial charge in [0.15, 0.2) is 0 Å². The van der Waals surface area contributed by atoms with Gasteiger partial charge >= 0.3 is 0 Å². The molecule has 0 radical (unpaired) electrons. The molecule has 1 spiro atoms. The Bertz CT molecular complexity index is 378. The Labute approximate surface area is 96.6 Å². The van der Waals surface area contributed by atoms with Crippen LogP contribution in [-0.2, 0) is 4.74 Å². The average Bonchev–Trinajstić information content (AvgIpc) is 2.60. The standard InChI is InChI=1S/C14H19NO/c1-3-16-4-2-15(1)13-8-11-6-9-5-10-7-12(13)14(9,10)11/h8-12H,1-7H2. The van der Waals surface area contributed by atoms with Crippen molar-refractivity contribution in [2.24, 2.45) is 29.1 Å². The molecule has 0 amide bonds. The highest BCUT2D eigenvalue weighted by Crippen LogP contribution is 2.83. The van der Waals surface area contributed by atoms with Gasteiger partial charge in [-0.3, -0.25) is 0 Å². The van der Waals surface area contributed by atoms with E-state index in [-0.39, 0.29) is 0 Å². The van der Waals surface area contributed by atoms with E-state index >= 15 is 0 Å². The summed E-state index contributed by atoms with van der Waals surface area (Å²) in [5.41, 5.74) is 2.56. The Hall–Kier alpha value is -0.500. The molecular weight excluding hydrogens is 198 g/mol. The van der Waals surface area contributed by atoms with Crippen LogP contribution in [0.15, 0.2) is 11.8 Å². The second-order valence-corrected chi connectivity index (χ2v) is 6.45. The summed E-state index contributed by atoms with van der Waals surface area (Å²) in [6.07, 6.45) is 7.25. The maximum Gasteiger partial charge on any atom is 0.0642 e. The molecule has 3 saturated carbocycles. The zero-order valence-corrected chi connectivity index (χ0v) is 9.69. The topological polar surface area (TPSA) is 12.5 Å². The normalized spacial score (nSPS) is 56.5. The first-order chi connectivity index (χ1) is 7.90. The molecule has 0 bridgehead atoms. The smallest absolute Gasteiger partial charge is 0.0642 e. The first-order valence-corrected chi connectivity index (χ1v) is 6.95. The molecule has 1 heterocycles. The number of nitrogens with zero attached hydrogens (tertiary/aromatic N) is 1. The van der Waals surface area contributed by atoms with E-state index in [2.05, 4.69) is 11.0 Å². The van der Waals surface area contributed by atoms with Crippen LogP contribution < -0.4 is 0 Å². The molecule has 5 rings (SSSR count). The van der Waals surface area contributed by atoms with E-state index in [0.717, 1.165) is 55.4 Å². The molecule has 2 heteroatoms. The van der Waals surface area contributed by atoms with Crippen LogP contribution in [0.4, 0.5) is 0 Å². The van der Waals surface area contributed by atoms with E-state index < -0.39 is 0 Å². The Balaban J connectivity index is 1.47. The van der Waals surface area contributed by atoms with E-state index in [1.807, 2.05) is 0 Å². The van der Waals surface area contributed by atoms with Crippen molar-refractivity contribution in [2.75, 3.05) is 26.3 Å². The van der Waals surface area contributed by atoms with Crippen molar-refractivity contribution >= 4 is 0 Å². The first-order valence-electron chi connectivity index (χ1n) is 6.95. The molecule has 0 N–H and O–H groups in total. The molecular formula is C14H19NO. The van der Waals surface area contributed by atoms with Crippen LogP contribution in [0.1, 0.15) is 19.3 Å². The van der Waals surface area contributed by atoms with Crippen molar-refractivity contribution in [3.63, 3.8) is 0 Å². The molecule has 1 aliphatic heterocycles. The van der Waals surface area contributed by atoms with Crippen molar-refractivity contribution in [2.45, 2.75) is 19.3 Å². The molecule has 1 saturated heterocycles. The average molecular weight is 217 g/mol. The van der Waals surface area contributed by atoms with Crippen molar-refractivity contribution in [3.8, 4) is 0 Å². The van der Waals surface area contributed by atoms with Crippen LogP contribution in [0.25, 0.3) is 0 Å². The molecule has 0 aromatic heterocycles. The molecule has 5 aliphatic rings. The minimum Gasteiger partial charge on any atom is -0.378 e. The van der Waals surface area contributed by atoms with Gasteiger partial charge in [-0.2, -0.15) is 0 Å². The van der Waals surface area contributed by atoms with Gasteiger partial charge in [0.1, 0.15) is 0 Å². The van der Waals surface area contributed by atoms with Crippen LogP contribution in [0, 0.1) is 29.1 Å². The van der Waals surface area contributed by atoms with Gasteiger partial charge in [0, 0.05) is 24.7 Å². The monoisotopic (exact) mass is 217 g/mol. The molecule has 5 atom stereocenters. The highest BCUT2D eigenvalue weighted by molar-refractivity contribution is 5.39. The van der Waals surface area contributed by atoms with Crippen LogP contribution >= 0.6 is 0 Å². The molecule has 16 heavy (non-hydrogen) atoms. The molecule has 0 aromatic rings. The highest BCUT2D eigenvalue weighted by atomic mass is 16.5. The third kappa shape index (κ3) is 0.685. The summed E-state index contributed by atoms with van der Waals surface area (Å²) >= 11 is 0. The van der Waals surface area contributed by atoms with E-state index in [0.29, 0.717) is 0 Å². The molecule has 2 nitrogen and oxygen atoms in total. The second-order valence-electron chi connectivity index (χ2n) is 6.45. The van der Waals surface area contributed by atoms with Gasteiger partial charge in [0.2, 0.25) is 0 Å². The summed E-state index contributed by atoms with van der Waals surface area (Å²) in [6.45, 7) is 4.16. The summed E-state index contributed by atoms with van der Waals surface area (Å²) < 4.78 is 5.47. The minimum atomic E-state index is 0.827. The van der Waals surface area contributed by atoms with E-state index in [4.69, 9.17) is 4.74 Å². The Morgan fingerprint density at radius 2 is 1.94 bits per heavy atom. The summed E-state index contributed by atoms with van der Waals surface area (Å²) in [5.74, 6) is 4.19. The minimum absolute atomic E-state index is 0.827. The Morgan fingerprint density at radius 3 is 2.62 bits per heavy atom. The number of hydrogen-bond donors (Lipinski definition) is 0. The van der Waals surface area contributed by atoms with Gasteiger partial charge in [-0.05, 0) is 42.4 Å². The number of allylic oxidation sites excluding steroid dienone is 2. The molecule has 0 aromatic carbocycles. The SMILES string of the molecule is C1=C(N2CCOCC2)C2CC3CC4CC1C432. The lowest BCUT2D eigenvalue weighted by atomic mass is 9.28. The second kappa shape index (κ2) is 2.50. The molecule has 5 unspecified atom stereocenters. The third-order valence-electron chi connectivity index (χ3n) is 6.39. The maximum atomic E-state index is 5.47. The predicted molar refractivity (Wildman–Crippen MR) is 60.7 cm³/mol. The Morgan fingerprint density at radius 1 is 1.12 bits per heavy atom. The van der Waals surface area contributed by atoms with E-state index in [9.17, 15) is 0 Å². The number of ether oxygens (including phenoxy) is 1. The predicted octanol–water partition coefficient (Wildman–Crippen LogP) is 1.88. The zero-order chi connectivity index (χ0) is 10.3. The van der Waals surface area contributed by atoms with Gasteiger partial charge in [0.25, 0.3) is 0 Å². The molecule has 4 aliphatic carbocycles. The van der Waals surface area contributed by atoms with Crippen molar-refractivity contribution < 1.29 is 4.74 Å². The lowest BCUT2D eigenvalue weighted by molar-refractivity contribution is -0.272. The summed E-state index contributed by atoms with van der Waals surface area (Å²) in [5, 5.41) is 0. The lowest BCUT2D eigenvalue weighted by Gasteiger charge is -2.76. The Kier molecular flexibility index (Phi) is 1.34. The van der Waals surface area contributed by atoms with Crippen LogP contribution in [-0.4, -0.2) is 31.2 Å². The largest absolute Gasteiger partial charge is 0.378 e. The zero-order valence-electron chi connectivity index (χ0n) is 9.69. The summed E-state index contributed by atoms with van der Waals surface area (Å²) in [6, 6.07) is 0. The van der Waals surface area contributed by atoms with Crippen LogP contribution in [0.3, 0.4) is 0 Å². The summed E-state index contributed by atoms with van der Waals surface area (Å²) in [4.78, 5) is 2.63. The van der Waals surface area contributed by atoms with Gasteiger partial charge in [0.05, 0.1) is 13.2 Å². The fourth-order valence-corrected chi connectivity index (χ4v) is 5.70. The van der Waals surface area contributed by atoms with E-state index in [1.165, 1.54) is 12.8 Å². The first kappa shape index (κ1) is 8.57. The van der Waals surface area contributed by atoms with Crippen molar-refractivity contribution in [1.82, 2.24) is 4.90 Å². The maximum absolute atomic E-state index is 5.47. The lowest BCUT2D eigenvalue weighted by Crippen LogP contribution is -2.71. The fourth-order valence-electron chi connectivity index (χ4n) is 5.70. The number of morpholine rings is 1. The number of hydrogen-bond acceptors (Lipinski definition) is 2.